The Morgan fingerprint density at radius 3 is 2.34 bits per heavy atom. The molecule has 2 aromatic carbocycles. The van der Waals surface area contributed by atoms with Gasteiger partial charge in [-0.1, -0.05) is 12.1 Å². The van der Waals surface area contributed by atoms with E-state index in [0.29, 0.717) is 30.9 Å². The van der Waals surface area contributed by atoms with Crippen LogP contribution in [-0.4, -0.2) is 51.9 Å². The van der Waals surface area contributed by atoms with Gasteiger partial charge in [0, 0.05) is 37.0 Å². The molecule has 0 bridgehead atoms. The smallest absolute Gasteiger partial charge is 0.249 e. The highest BCUT2D eigenvalue weighted by Crippen LogP contribution is 2.35. The molecule has 2 aromatic rings. The molecule has 1 aliphatic carbocycles. The molecule has 174 valence electrons. The maximum atomic E-state index is 12.3. The van der Waals surface area contributed by atoms with Gasteiger partial charge in [-0.15, -0.1) is 0 Å². The minimum atomic E-state index is -0.389. The van der Waals surface area contributed by atoms with Gasteiger partial charge in [0.05, 0.1) is 6.61 Å². The first-order valence-electron chi connectivity index (χ1n) is 11.6. The Kier molecular flexibility index (Phi) is 8.53. The number of ether oxygens (including phenoxy) is 2. The lowest BCUT2D eigenvalue weighted by Gasteiger charge is -2.39. The van der Waals surface area contributed by atoms with Crippen LogP contribution in [0.15, 0.2) is 36.4 Å². The number of nitrogens with one attached hydrogen (secondary N) is 1. The zero-order valence-electron chi connectivity index (χ0n) is 19.8. The van der Waals surface area contributed by atoms with E-state index in [9.17, 15) is 4.79 Å². The Balaban J connectivity index is 1.92. The summed E-state index contributed by atoms with van der Waals surface area (Å²) in [6, 6.07) is 13.1. The number of carbonyl (C=O) groups is 1. The summed E-state index contributed by atoms with van der Waals surface area (Å²) < 4.78 is 10.7. The SMILES string of the molecule is CCN(c1cc(-c2ccc(OCCOC)cc2)cc(C(N)=O)c1C)[C@H]1CC[C@H](NC)CC1. The number of amides is 1. The monoisotopic (exact) mass is 439 g/mol. The van der Waals surface area contributed by atoms with Gasteiger partial charge in [-0.2, -0.15) is 0 Å². The number of methoxy groups -OCH3 is 1. The third-order valence-corrected chi connectivity index (χ3v) is 6.59. The molecule has 0 spiro atoms. The lowest BCUT2D eigenvalue weighted by atomic mass is 9.89. The Morgan fingerprint density at radius 2 is 1.78 bits per heavy atom. The van der Waals surface area contributed by atoms with Gasteiger partial charge in [-0.3, -0.25) is 4.79 Å². The molecule has 0 saturated heterocycles. The fourth-order valence-electron chi connectivity index (χ4n) is 4.71. The lowest BCUT2D eigenvalue weighted by molar-refractivity contribution is 0.0999. The van der Waals surface area contributed by atoms with Crippen molar-refractivity contribution in [1.82, 2.24) is 5.32 Å². The minimum absolute atomic E-state index is 0.389. The number of nitrogens with two attached hydrogens (primary N) is 1. The summed E-state index contributed by atoms with van der Waals surface area (Å²) in [6.45, 7) is 6.15. The highest BCUT2D eigenvalue weighted by molar-refractivity contribution is 5.97. The second-order valence-electron chi connectivity index (χ2n) is 8.48. The molecule has 1 aliphatic rings. The van der Waals surface area contributed by atoms with Crippen molar-refractivity contribution in [2.75, 3.05) is 38.8 Å². The van der Waals surface area contributed by atoms with E-state index < -0.39 is 0 Å². The summed E-state index contributed by atoms with van der Waals surface area (Å²) in [7, 11) is 3.70. The number of hydrogen-bond acceptors (Lipinski definition) is 5. The maximum absolute atomic E-state index is 12.3. The van der Waals surface area contributed by atoms with Crippen LogP contribution in [0.25, 0.3) is 11.1 Å². The van der Waals surface area contributed by atoms with Crippen molar-refractivity contribution < 1.29 is 14.3 Å². The number of nitrogens with zero attached hydrogens (tertiary/aromatic N) is 1. The van der Waals surface area contributed by atoms with Crippen molar-refractivity contribution >= 4 is 11.6 Å². The molecule has 1 amide bonds. The van der Waals surface area contributed by atoms with Gasteiger partial charge in [-0.05, 0) is 87.5 Å². The van der Waals surface area contributed by atoms with Gasteiger partial charge in [-0.25, -0.2) is 0 Å². The molecule has 6 heteroatoms. The van der Waals surface area contributed by atoms with Crippen molar-refractivity contribution in [2.45, 2.75) is 51.6 Å². The Hall–Kier alpha value is -2.57. The highest BCUT2D eigenvalue weighted by Gasteiger charge is 2.27. The van der Waals surface area contributed by atoms with Crippen molar-refractivity contribution in [2.24, 2.45) is 5.73 Å². The average molecular weight is 440 g/mol. The Bertz CT molecular complexity index is 890. The van der Waals surface area contributed by atoms with Crippen LogP contribution in [0.5, 0.6) is 5.75 Å². The molecule has 0 aromatic heterocycles. The average Bonchev–Trinajstić information content (AvgIpc) is 2.81. The second-order valence-corrected chi connectivity index (χ2v) is 8.48. The van der Waals surface area contributed by atoms with Crippen LogP contribution in [0.4, 0.5) is 5.69 Å². The van der Waals surface area contributed by atoms with E-state index in [-0.39, 0.29) is 5.91 Å². The molecule has 0 aliphatic heterocycles. The van der Waals surface area contributed by atoms with Crippen LogP contribution in [0, 0.1) is 6.92 Å². The molecule has 6 nitrogen and oxygen atoms in total. The number of benzene rings is 2. The van der Waals surface area contributed by atoms with E-state index in [4.69, 9.17) is 15.2 Å². The van der Waals surface area contributed by atoms with Crippen LogP contribution in [0.2, 0.25) is 0 Å². The van der Waals surface area contributed by atoms with E-state index >= 15 is 0 Å². The molecule has 3 rings (SSSR count). The van der Waals surface area contributed by atoms with E-state index in [1.54, 1.807) is 7.11 Å². The fourth-order valence-corrected chi connectivity index (χ4v) is 4.71. The van der Waals surface area contributed by atoms with Crippen molar-refractivity contribution in [3.63, 3.8) is 0 Å². The zero-order valence-corrected chi connectivity index (χ0v) is 19.8. The molecule has 1 saturated carbocycles. The summed E-state index contributed by atoms with van der Waals surface area (Å²) in [5.41, 5.74) is 10.4. The zero-order chi connectivity index (χ0) is 23.1. The molecule has 3 N–H and O–H groups in total. The number of primary amides is 1. The summed E-state index contributed by atoms with van der Waals surface area (Å²) in [5.74, 6) is 0.407. The van der Waals surface area contributed by atoms with Gasteiger partial charge in [0.25, 0.3) is 0 Å². The summed E-state index contributed by atoms with van der Waals surface area (Å²) in [4.78, 5) is 14.7. The summed E-state index contributed by atoms with van der Waals surface area (Å²) in [6.07, 6.45) is 4.62. The first kappa shape index (κ1) is 24.1. The first-order valence-corrected chi connectivity index (χ1v) is 11.6. The molecule has 32 heavy (non-hydrogen) atoms. The third-order valence-electron chi connectivity index (χ3n) is 6.59. The summed E-state index contributed by atoms with van der Waals surface area (Å²) in [5, 5.41) is 3.41. The van der Waals surface area contributed by atoms with Gasteiger partial charge in [0.2, 0.25) is 5.91 Å². The Morgan fingerprint density at radius 1 is 1.09 bits per heavy atom. The molecular weight excluding hydrogens is 402 g/mol. The van der Waals surface area contributed by atoms with E-state index in [0.717, 1.165) is 47.5 Å². The predicted molar refractivity (Wildman–Crippen MR) is 131 cm³/mol. The predicted octanol–water partition coefficient (Wildman–Crippen LogP) is 4.14. The van der Waals surface area contributed by atoms with Crippen LogP contribution >= 0.6 is 0 Å². The van der Waals surface area contributed by atoms with E-state index in [1.165, 1.54) is 12.8 Å². The van der Waals surface area contributed by atoms with E-state index in [2.05, 4.69) is 23.2 Å². The van der Waals surface area contributed by atoms with Crippen LogP contribution in [-0.2, 0) is 4.74 Å². The molecular formula is C26H37N3O3. The van der Waals surface area contributed by atoms with Crippen LogP contribution in [0.1, 0.15) is 48.5 Å². The molecule has 0 radical (unpaired) electrons. The second kappa shape index (κ2) is 11.3. The van der Waals surface area contributed by atoms with Gasteiger partial charge in [0.15, 0.2) is 0 Å². The summed E-state index contributed by atoms with van der Waals surface area (Å²) >= 11 is 0. The minimum Gasteiger partial charge on any atom is -0.491 e. The number of carbonyl (C=O) groups excluding carboxylic acids is 1. The Labute approximate surface area is 192 Å². The van der Waals surface area contributed by atoms with Crippen LogP contribution in [0.3, 0.4) is 0 Å². The lowest BCUT2D eigenvalue weighted by Crippen LogP contribution is -2.42. The number of anilines is 1. The first-order chi connectivity index (χ1) is 15.5. The quantitative estimate of drug-likeness (QED) is 0.544. The maximum Gasteiger partial charge on any atom is 0.249 e. The van der Waals surface area contributed by atoms with Crippen molar-refractivity contribution in [3.05, 3.63) is 47.5 Å². The number of hydrogen-bond donors (Lipinski definition) is 2. The van der Waals surface area contributed by atoms with E-state index in [1.807, 2.05) is 44.3 Å². The third kappa shape index (κ3) is 5.61. The fraction of sp³-hybridized carbons (Fsp3) is 0.500. The normalized spacial score (nSPS) is 18.4. The topological polar surface area (TPSA) is 76.8 Å². The molecule has 0 unspecified atom stereocenters. The van der Waals surface area contributed by atoms with Crippen molar-refractivity contribution in [1.29, 1.82) is 0 Å². The molecule has 1 fully saturated rings. The van der Waals surface area contributed by atoms with Gasteiger partial charge >= 0.3 is 0 Å². The highest BCUT2D eigenvalue weighted by atomic mass is 16.5. The van der Waals surface area contributed by atoms with Gasteiger partial charge in [0.1, 0.15) is 12.4 Å². The van der Waals surface area contributed by atoms with Gasteiger partial charge < -0.3 is 25.4 Å². The largest absolute Gasteiger partial charge is 0.491 e. The molecule has 0 atom stereocenters. The van der Waals surface area contributed by atoms with Crippen LogP contribution < -0.4 is 20.7 Å². The number of rotatable bonds is 10. The molecule has 0 heterocycles. The van der Waals surface area contributed by atoms with Crippen molar-refractivity contribution in [3.8, 4) is 16.9 Å². The standard InChI is InChI=1S/C26H37N3O3/c1-5-29(22-10-8-21(28-3)9-11-22)25-17-20(16-24(18(25)2)26(27)30)19-6-12-23(13-7-19)32-15-14-31-4/h6-7,12-13,16-17,21-22,28H,5,8-11,14-15H2,1-4H3,(H2,27,30)/t21-,22-.